The molecule has 1 rings (SSSR count). The Morgan fingerprint density at radius 3 is 2.62 bits per heavy atom. The molecule has 13 heavy (non-hydrogen) atoms. The number of hydrogen-bond donors (Lipinski definition) is 0. The monoisotopic (exact) mass is 174 g/mol. The van der Waals surface area contributed by atoms with Crippen molar-refractivity contribution < 1.29 is 4.74 Å². The minimum Gasteiger partial charge on any atom is -0.381 e. The summed E-state index contributed by atoms with van der Waals surface area (Å²) in [6.07, 6.45) is 8.02. The van der Waals surface area contributed by atoms with E-state index in [1.165, 1.54) is 5.56 Å². The summed E-state index contributed by atoms with van der Waals surface area (Å²) in [5, 5.41) is 0. The van der Waals surface area contributed by atoms with Crippen molar-refractivity contribution in [3.63, 3.8) is 0 Å². The molecule has 0 N–H and O–H groups in total. The first-order valence-electron chi connectivity index (χ1n) is 4.30. The average molecular weight is 174 g/mol. The minimum absolute atomic E-state index is 0.666. The van der Waals surface area contributed by atoms with E-state index in [2.05, 4.69) is 18.2 Å². The largest absolute Gasteiger partial charge is 0.381 e. The Kier molecular flexibility index (Phi) is 4.65. The number of ether oxygens (including phenoxy) is 1. The normalized spacial score (nSPS) is 11.5. The first-order chi connectivity index (χ1) is 6.43. The lowest BCUT2D eigenvalue weighted by Gasteiger charge is -1.88. The summed E-state index contributed by atoms with van der Waals surface area (Å²) in [6.45, 7) is 0.666. The third-order valence-corrected chi connectivity index (χ3v) is 1.60. The summed E-state index contributed by atoms with van der Waals surface area (Å²) in [6, 6.07) is 10.2. The molecule has 1 aromatic carbocycles. The summed E-state index contributed by atoms with van der Waals surface area (Å²) >= 11 is 0. The van der Waals surface area contributed by atoms with Crippen molar-refractivity contribution in [3.05, 3.63) is 54.1 Å². The highest BCUT2D eigenvalue weighted by Gasteiger charge is 1.79. The Hall–Kier alpha value is -1.34. The zero-order chi connectivity index (χ0) is 9.36. The van der Waals surface area contributed by atoms with E-state index in [1.54, 1.807) is 7.11 Å². The van der Waals surface area contributed by atoms with Gasteiger partial charge in [-0.1, -0.05) is 54.6 Å². The average Bonchev–Trinajstić information content (AvgIpc) is 2.19. The highest BCUT2D eigenvalue weighted by atomic mass is 16.5. The van der Waals surface area contributed by atoms with Gasteiger partial charge in [0.15, 0.2) is 0 Å². The number of allylic oxidation sites excluding steroid dienone is 2. The molecule has 0 spiro atoms. The molecule has 0 aliphatic carbocycles. The van der Waals surface area contributed by atoms with Crippen molar-refractivity contribution in [3.8, 4) is 0 Å². The van der Waals surface area contributed by atoms with Crippen molar-refractivity contribution in [2.75, 3.05) is 13.7 Å². The second-order valence-corrected chi connectivity index (χ2v) is 2.65. The van der Waals surface area contributed by atoms with Crippen molar-refractivity contribution >= 4 is 6.08 Å². The molecule has 0 fully saturated rings. The molecule has 1 aromatic rings. The molecule has 0 atom stereocenters. The Balaban J connectivity index is 2.41. The maximum Gasteiger partial charge on any atom is 0.0646 e. The molecule has 0 unspecified atom stereocenters. The van der Waals surface area contributed by atoms with Gasteiger partial charge in [0.05, 0.1) is 6.61 Å². The smallest absolute Gasteiger partial charge is 0.0646 e. The van der Waals surface area contributed by atoms with Crippen LogP contribution in [0.4, 0.5) is 0 Å². The molecule has 68 valence electrons. The van der Waals surface area contributed by atoms with E-state index in [0.717, 1.165) is 0 Å². The lowest BCUT2D eigenvalue weighted by Crippen LogP contribution is -1.78. The fraction of sp³-hybridized carbons (Fsp3) is 0.167. The molecule has 1 heteroatoms. The van der Waals surface area contributed by atoms with Gasteiger partial charge in [0.2, 0.25) is 0 Å². The SMILES string of the molecule is COCC=C/C=C/c1ccccc1. The maximum atomic E-state index is 4.87. The van der Waals surface area contributed by atoms with Crippen molar-refractivity contribution in [1.29, 1.82) is 0 Å². The lowest BCUT2D eigenvalue weighted by molar-refractivity contribution is 0.234. The Morgan fingerprint density at radius 1 is 1.15 bits per heavy atom. The molecule has 0 radical (unpaired) electrons. The highest BCUT2D eigenvalue weighted by molar-refractivity contribution is 5.50. The quantitative estimate of drug-likeness (QED) is 0.638. The predicted molar refractivity (Wildman–Crippen MR) is 56.5 cm³/mol. The topological polar surface area (TPSA) is 9.23 Å². The second-order valence-electron chi connectivity index (χ2n) is 2.65. The number of hydrogen-bond acceptors (Lipinski definition) is 1. The lowest BCUT2D eigenvalue weighted by atomic mass is 10.2. The van der Waals surface area contributed by atoms with E-state index in [4.69, 9.17) is 4.74 Å². The Labute approximate surface area is 79.4 Å². The zero-order valence-corrected chi connectivity index (χ0v) is 7.81. The molecule has 0 amide bonds. The van der Waals surface area contributed by atoms with Gasteiger partial charge < -0.3 is 4.74 Å². The fourth-order valence-corrected chi connectivity index (χ4v) is 0.961. The van der Waals surface area contributed by atoms with E-state index in [1.807, 2.05) is 36.4 Å². The van der Waals surface area contributed by atoms with Crippen LogP contribution in [0, 0.1) is 0 Å². The molecule has 1 nitrogen and oxygen atoms in total. The third-order valence-electron chi connectivity index (χ3n) is 1.60. The molecule has 0 heterocycles. The van der Waals surface area contributed by atoms with Crippen LogP contribution in [0.5, 0.6) is 0 Å². The second kappa shape index (κ2) is 6.21. The molecule has 0 bridgehead atoms. The van der Waals surface area contributed by atoms with Gasteiger partial charge in [0, 0.05) is 7.11 Å². The first kappa shape index (κ1) is 9.75. The molecule has 0 aromatic heterocycles. The van der Waals surface area contributed by atoms with Gasteiger partial charge in [-0.25, -0.2) is 0 Å². The van der Waals surface area contributed by atoms with Gasteiger partial charge in [-0.3, -0.25) is 0 Å². The van der Waals surface area contributed by atoms with Crippen molar-refractivity contribution in [2.45, 2.75) is 0 Å². The summed E-state index contributed by atoms with van der Waals surface area (Å²) in [4.78, 5) is 0. The van der Waals surface area contributed by atoms with Crippen LogP contribution in [0.2, 0.25) is 0 Å². The van der Waals surface area contributed by atoms with Crippen molar-refractivity contribution in [2.24, 2.45) is 0 Å². The summed E-state index contributed by atoms with van der Waals surface area (Å²) in [5.74, 6) is 0. The van der Waals surface area contributed by atoms with Crippen LogP contribution in [-0.4, -0.2) is 13.7 Å². The Morgan fingerprint density at radius 2 is 1.92 bits per heavy atom. The van der Waals surface area contributed by atoms with E-state index in [-0.39, 0.29) is 0 Å². The van der Waals surface area contributed by atoms with E-state index in [0.29, 0.717) is 6.61 Å². The molecule has 0 aliphatic heterocycles. The van der Waals surface area contributed by atoms with Crippen LogP contribution in [0.1, 0.15) is 5.56 Å². The van der Waals surface area contributed by atoms with Crippen LogP contribution in [-0.2, 0) is 4.74 Å². The fourth-order valence-electron chi connectivity index (χ4n) is 0.961. The van der Waals surface area contributed by atoms with Gasteiger partial charge in [-0.05, 0) is 5.56 Å². The molecule has 0 saturated carbocycles. The van der Waals surface area contributed by atoms with E-state index in [9.17, 15) is 0 Å². The Bertz CT molecular complexity index is 272. The number of rotatable bonds is 4. The van der Waals surface area contributed by atoms with Gasteiger partial charge >= 0.3 is 0 Å². The first-order valence-corrected chi connectivity index (χ1v) is 4.30. The zero-order valence-electron chi connectivity index (χ0n) is 7.81. The van der Waals surface area contributed by atoms with Crippen LogP contribution in [0.3, 0.4) is 0 Å². The molecule has 0 saturated heterocycles. The summed E-state index contributed by atoms with van der Waals surface area (Å²) in [5.41, 5.74) is 1.21. The van der Waals surface area contributed by atoms with Crippen LogP contribution >= 0.6 is 0 Å². The van der Waals surface area contributed by atoms with Crippen LogP contribution in [0.15, 0.2) is 48.6 Å². The van der Waals surface area contributed by atoms with Gasteiger partial charge in [-0.15, -0.1) is 0 Å². The van der Waals surface area contributed by atoms with Gasteiger partial charge in [0.1, 0.15) is 0 Å². The van der Waals surface area contributed by atoms with Gasteiger partial charge in [-0.2, -0.15) is 0 Å². The molecule has 0 aliphatic rings. The van der Waals surface area contributed by atoms with Crippen LogP contribution < -0.4 is 0 Å². The number of methoxy groups -OCH3 is 1. The standard InChI is InChI=1S/C12H14O/c1-13-11-7-3-6-10-12-8-4-2-5-9-12/h2-10H,11H2,1H3/b7-3?,10-6+. The maximum absolute atomic E-state index is 4.87. The van der Waals surface area contributed by atoms with E-state index < -0.39 is 0 Å². The molecular formula is C12H14O. The van der Waals surface area contributed by atoms with Crippen LogP contribution in [0.25, 0.3) is 6.08 Å². The minimum atomic E-state index is 0.666. The number of benzene rings is 1. The van der Waals surface area contributed by atoms with Gasteiger partial charge in [0.25, 0.3) is 0 Å². The third kappa shape index (κ3) is 4.28. The summed E-state index contributed by atoms with van der Waals surface area (Å²) < 4.78 is 4.87. The highest BCUT2D eigenvalue weighted by Crippen LogP contribution is 2.00. The predicted octanol–water partition coefficient (Wildman–Crippen LogP) is 2.90. The summed E-state index contributed by atoms with van der Waals surface area (Å²) in [7, 11) is 1.69. The van der Waals surface area contributed by atoms with Crippen molar-refractivity contribution in [1.82, 2.24) is 0 Å². The van der Waals surface area contributed by atoms with E-state index >= 15 is 0 Å². The molecular weight excluding hydrogens is 160 g/mol.